The molecule has 19 heavy (non-hydrogen) atoms. The molecule has 102 valence electrons. The smallest absolute Gasteiger partial charge is 0.175 e. The van der Waals surface area contributed by atoms with Crippen LogP contribution in [0.1, 0.15) is 25.3 Å². The molecule has 0 aliphatic carbocycles. The third kappa shape index (κ3) is 2.99. The van der Waals surface area contributed by atoms with E-state index in [9.17, 15) is 17.6 Å². The van der Waals surface area contributed by atoms with E-state index in [4.69, 9.17) is 5.26 Å². The van der Waals surface area contributed by atoms with Gasteiger partial charge in [-0.3, -0.25) is 4.79 Å². The first-order valence-electron chi connectivity index (χ1n) is 5.50. The van der Waals surface area contributed by atoms with Crippen molar-refractivity contribution in [1.29, 1.82) is 5.26 Å². The highest BCUT2D eigenvalue weighted by atomic mass is 32.2. The molecule has 1 unspecified atom stereocenters. The van der Waals surface area contributed by atoms with Gasteiger partial charge in [-0.25, -0.2) is 12.8 Å². The van der Waals surface area contributed by atoms with E-state index < -0.39 is 32.1 Å². The van der Waals surface area contributed by atoms with E-state index >= 15 is 0 Å². The predicted molar refractivity (Wildman–Crippen MR) is 68.7 cm³/mol. The second-order valence-electron chi connectivity index (χ2n) is 4.76. The minimum Gasteiger partial charge on any atom is -0.296 e. The summed E-state index contributed by atoms with van der Waals surface area (Å²) in [5, 5.41) is 9.08. The van der Waals surface area contributed by atoms with Crippen molar-refractivity contribution in [2.45, 2.75) is 24.5 Å². The van der Waals surface area contributed by atoms with Gasteiger partial charge >= 0.3 is 0 Å². The molecule has 0 saturated carbocycles. The van der Waals surface area contributed by atoms with Gasteiger partial charge in [-0.1, -0.05) is 12.1 Å². The summed E-state index contributed by atoms with van der Waals surface area (Å²) in [5.41, 5.74) is 0.157. The molecule has 1 atom stereocenters. The number of Topliss-reactive ketones (excluding diaryl/α,β-unsaturated/α-hetero) is 1. The quantitative estimate of drug-likeness (QED) is 0.844. The summed E-state index contributed by atoms with van der Waals surface area (Å²) in [4.78, 5) is 12.2. The molecule has 0 saturated heterocycles. The van der Waals surface area contributed by atoms with Crippen molar-refractivity contribution in [2.75, 3.05) is 6.26 Å². The average Bonchev–Trinajstić information content (AvgIpc) is 2.28. The van der Waals surface area contributed by atoms with Crippen LogP contribution < -0.4 is 0 Å². The van der Waals surface area contributed by atoms with Crippen LogP contribution in [0.2, 0.25) is 0 Å². The highest BCUT2D eigenvalue weighted by Crippen LogP contribution is 2.27. The fourth-order valence-electron chi connectivity index (χ4n) is 1.50. The van der Waals surface area contributed by atoms with Gasteiger partial charge in [0.15, 0.2) is 15.6 Å². The zero-order valence-corrected chi connectivity index (χ0v) is 11.7. The Labute approximate surface area is 111 Å². The summed E-state index contributed by atoms with van der Waals surface area (Å²) >= 11 is 0. The molecular formula is C13H14FNO3S. The van der Waals surface area contributed by atoms with Crippen molar-refractivity contribution in [1.82, 2.24) is 0 Å². The Morgan fingerprint density at radius 1 is 1.42 bits per heavy atom. The van der Waals surface area contributed by atoms with Gasteiger partial charge in [-0.2, -0.15) is 5.26 Å². The first kappa shape index (κ1) is 15.3. The Bertz CT molecular complexity index is 644. The summed E-state index contributed by atoms with van der Waals surface area (Å²) in [5.74, 6) is -2.65. The molecule has 0 aliphatic rings. The van der Waals surface area contributed by atoms with E-state index in [-0.39, 0.29) is 5.56 Å². The Morgan fingerprint density at radius 3 is 2.42 bits per heavy atom. The Hall–Kier alpha value is -1.74. The summed E-state index contributed by atoms with van der Waals surface area (Å²) in [6, 6.07) is 6.78. The molecule has 0 spiro atoms. The molecular weight excluding hydrogens is 269 g/mol. The Kier molecular flexibility index (Phi) is 4.11. The minimum atomic E-state index is -3.67. The van der Waals surface area contributed by atoms with Crippen molar-refractivity contribution in [3.63, 3.8) is 0 Å². The minimum absolute atomic E-state index is 0.157. The normalized spacial score (nSPS) is 13.6. The van der Waals surface area contributed by atoms with Crippen LogP contribution in [0.4, 0.5) is 4.39 Å². The fraction of sp³-hybridized carbons (Fsp3) is 0.385. The number of hydrogen-bond donors (Lipinski definition) is 0. The number of nitrogens with zero attached hydrogens (tertiary/aromatic N) is 1. The lowest BCUT2D eigenvalue weighted by molar-refractivity contribution is -0.121. The van der Waals surface area contributed by atoms with Gasteiger partial charge in [-0.15, -0.1) is 0 Å². The lowest BCUT2D eigenvalue weighted by Crippen LogP contribution is -2.42. The zero-order valence-electron chi connectivity index (χ0n) is 10.8. The fourth-order valence-corrected chi connectivity index (χ4v) is 1.98. The van der Waals surface area contributed by atoms with Crippen molar-refractivity contribution in [2.24, 2.45) is 0 Å². The molecule has 0 aliphatic heterocycles. The Balaban J connectivity index is 3.27. The summed E-state index contributed by atoms with van der Waals surface area (Å²) in [6.45, 7) is 2.49. The monoisotopic (exact) mass is 283 g/mol. The van der Waals surface area contributed by atoms with Gasteiger partial charge in [0.25, 0.3) is 0 Å². The number of benzene rings is 1. The summed E-state index contributed by atoms with van der Waals surface area (Å²) < 4.78 is 34.6. The first-order valence-corrected chi connectivity index (χ1v) is 7.39. The predicted octanol–water partition coefficient (Wildman–Crippen LogP) is 1.83. The maximum absolute atomic E-state index is 13.1. The number of nitriles is 1. The number of carbonyl (C=O) groups is 1. The van der Waals surface area contributed by atoms with Crippen LogP contribution in [0.5, 0.6) is 0 Å². The molecule has 0 radical (unpaired) electrons. The zero-order chi connectivity index (χ0) is 14.8. The average molecular weight is 283 g/mol. The second kappa shape index (κ2) is 5.10. The van der Waals surface area contributed by atoms with Crippen LogP contribution in [0.3, 0.4) is 0 Å². The van der Waals surface area contributed by atoms with Gasteiger partial charge in [0.05, 0.1) is 6.07 Å². The van der Waals surface area contributed by atoms with Gasteiger partial charge < -0.3 is 0 Å². The highest BCUT2D eigenvalue weighted by Gasteiger charge is 2.42. The molecule has 6 heteroatoms. The van der Waals surface area contributed by atoms with E-state index in [0.717, 1.165) is 12.3 Å². The molecule has 0 heterocycles. The summed E-state index contributed by atoms with van der Waals surface area (Å²) in [7, 11) is -3.67. The number of halogens is 1. The van der Waals surface area contributed by atoms with Crippen molar-refractivity contribution in [3.8, 4) is 6.07 Å². The molecule has 1 aromatic rings. The van der Waals surface area contributed by atoms with Crippen molar-refractivity contribution >= 4 is 15.6 Å². The van der Waals surface area contributed by atoms with Crippen LogP contribution in [0, 0.1) is 17.1 Å². The van der Waals surface area contributed by atoms with E-state index in [0.29, 0.717) is 0 Å². The number of rotatable bonds is 4. The third-order valence-electron chi connectivity index (χ3n) is 3.09. The van der Waals surface area contributed by atoms with Crippen LogP contribution in [-0.2, 0) is 14.6 Å². The maximum atomic E-state index is 13.1. The molecule has 0 amide bonds. The molecule has 0 N–H and O–H groups in total. The van der Waals surface area contributed by atoms with Gasteiger partial charge in [0.2, 0.25) is 0 Å². The standard InChI is InChI=1S/C13H14FNO3S/c1-13(2,19(3,17)18)12(16)11(8-15)9-5-4-6-10(14)7-9/h4-7,11H,1-3H3. The topological polar surface area (TPSA) is 75.0 Å². The number of ketones is 1. The van der Waals surface area contributed by atoms with Crippen LogP contribution in [-0.4, -0.2) is 25.2 Å². The van der Waals surface area contributed by atoms with E-state index in [1.807, 2.05) is 0 Å². The number of sulfone groups is 1. The van der Waals surface area contributed by atoms with Gasteiger partial charge in [0, 0.05) is 6.26 Å². The molecule has 1 rings (SSSR count). The van der Waals surface area contributed by atoms with Crippen LogP contribution in [0.15, 0.2) is 24.3 Å². The number of carbonyl (C=O) groups excluding carboxylic acids is 1. The number of hydrogen-bond acceptors (Lipinski definition) is 4. The van der Waals surface area contributed by atoms with E-state index in [1.54, 1.807) is 6.07 Å². The molecule has 1 aromatic carbocycles. The van der Waals surface area contributed by atoms with E-state index in [2.05, 4.69) is 0 Å². The van der Waals surface area contributed by atoms with Gasteiger partial charge in [0.1, 0.15) is 16.5 Å². The van der Waals surface area contributed by atoms with Crippen LogP contribution in [0.25, 0.3) is 0 Å². The molecule has 4 nitrogen and oxygen atoms in total. The largest absolute Gasteiger partial charge is 0.296 e. The lowest BCUT2D eigenvalue weighted by Gasteiger charge is -2.23. The third-order valence-corrected chi connectivity index (χ3v) is 5.15. The molecule has 0 aromatic heterocycles. The summed E-state index contributed by atoms with van der Waals surface area (Å²) in [6.07, 6.45) is 0.935. The van der Waals surface area contributed by atoms with Crippen molar-refractivity contribution < 1.29 is 17.6 Å². The lowest BCUT2D eigenvalue weighted by atomic mass is 9.89. The maximum Gasteiger partial charge on any atom is 0.175 e. The van der Waals surface area contributed by atoms with Crippen LogP contribution >= 0.6 is 0 Å². The second-order valence-corrected chi connectivity index (χ2v) is 7.33. The first-order chi connectivity index (χ1) is 8.61. The molecule has 0 fully saturated rings. The Morgan fingerprint density at radius 2 is 2.00 bits per heavy atom. The van der Waals surface area contributed by atoms with Crippen molar-refractivity contribution in [3.05, 3.63) is 35.6 Å². The molecule has 0 bridgehead atoms. The van der Waals surface area contributed by atoms with E-state index in [1.165, 1.54) is 32.0 Å². The highest BCUT2D eigenvalue weighted by molar-refractivity contribution is 7.92. The SMILES string of the molecule is CC(C)(C(=O)C(C#N)c1cccc(F)c1)S(C)(=O)=O. The van der Waals surface area contributed by atoms with Gasteiger partial charge in [-0.05, 0) is 31.5 Å².